The summed E-state index contributed by atoms with van der Waals surface area (Å²) in [5.74, 6) is 2.65. The van der Waals surface area contributed by atoms with Gasteiger partial charge in [0.25, 0.3) is 0 Å². The molecule has 5 saturated heterocycles. The van der Waals surface area contributed by atoms with E-state index in [4.69, 9.17) is 37.9 Å². The van der Waals surface area contributed by atoms with Crippen LogP contribution in [0, 0.1) is 46.3 Å². The van der Waals surface area contributed by atoms with Gasteiger partial charge in [0.2, 0.25) is 0 Å². The van der Waals surface area contributed by atoms with Crippen LogP contribution in [0.25, 0.3) is 0 Å². The first-order valence-electron chi connectivity index (χ1n) is 23.5. The molecule has 0 amide bonds. The van der Waals surface area contributed by atoms with Crippen molar-refractivity contribution in [3.05, 3.63) is 11.6 Å². The molecule has 6 unspecified atom stereocenters. The highest BCUT2D eigenvalue weighted by molar-refractivity contribution is 5.26. The van der Waals surface area contributed by atoms with Crippen LogP contribution in [0.1, 0.15) is 85.5 Å². The number of hydrogen-bond acceptors (Lipinski definition) is 18. The lowest BCUT2D eigenvalue weighted by Crippen LogP contribution is -2.67. The van der Waals surface area contributed by atoms with Crippen molar-refractivity contribution in [1.82, 2.24) is 0 Å². The Morgan fingerprint density at radius 3 is 1.95 bits per heavy atom. The molecule has 0 aromatic heterocycles. The van der Waals surface area contributed by atoms with E-state index in [0.717, 1.165) is 45.1 Å². The third-order valence-corrected chi connectivity index (χ3v) is 17.7. The van der Waals surface area contributed by atoms with E-state index in [1.54, 1.807) is 0 Å². The minimum Gasteiger partial charge on any atom is -0.394 e. The van der Waals surface area contributed by atoms with Crippen LogP contribution in [0.2, 0.25) is 0 Å². The summed E-state index contributed by atoms with van der Waals surface area (Å²) in [5, 5.41) is 106. The van der Waals surface area contributed by atoms with E-state index in [1.807, 2.05) is 0 Å². The Hall–Kier alpha value is -0.980. The van der Waals surface area contributed by atoms with Gasteiger partial charge in [-0.25, -0.2) is 0 Å². The Bertz CT molecular complexity index is 1630. The molecule has 0 bridgehead atoms. The molecule has 0 radical (unpaired) electrons. The molecular formula is C45H72O18. The molecule has 0 aromatic carbocycles. The minimum atomic E-state index is -1.89. The second-order valence-corrected chi connectivity index (χ2v) is 21.1. The first kappa shape index (κ1) is 47.1. The van der Waals surface area contributed by atoms with E-state index >= 15 is 0 Å². The van der Waals surface area contributed by atoms with Gasteiger partial charge >= 0.3 is 0 Å². The Morgan fingerprint density at radius 1 is 0.651 bits per heavy atom. The van der Waals surface area contributed by atoms with Crippen LogP contribution in [-0.2, 0) is 37.9 Å². The van der Waals surface area contributed by atoms with Gasteiger partial charge in [0.05, 0.1) is 38.6 Å². The monoisotopic (exact) mass is 900 g/mol. The topological polar surface area (TPSA) is 276 Å². The van der Waals surface area contributed by atoms with Gasteiger partial charge in [-0.05, 0) is 91.8 Å². The lowest BCUT2D eigenvalue weighted by atomic mass is 9.47. The van der Waals surface area contributed by atoms with E-state index in [0.29, 0.717) is 48.3 Å². The van der Waals surface area contributed by atoms with Crippen molar-refractivity contribution in [3.8, 4) is 0 Å². The van der Waals surface area contributed by atoms with E-state index in [9.17, 15) is 51.1 Å². The maximum atomic E-state index is 11.5. The van der Waals surface area contributed by atoms with E-state index < -0.39 is 118 Å². The number of hydrogen-bond donors (Lipinski definition) is 10. The summed E-state index contributed by atoms with van der Waals surface area (Å²) < 4.78 is 48.9. The molecule has 18 nitrogen and oxygen atoms in total. The Balaban J connectivity index is 0.849. The summed E-state index contributed by atoms with van der Waals surface area (Å²) in [4.78, 5) is 0. The zero-order valence-electron chi connectivity index (χ0n) is 36.8. The van der Waals surface area contributed by atoms with Crippen LogP contribution in [0.4, 0.5) is 0 Å². The maximum Gasteiger partial charge on any atom is 0.187 e. The van der Waals surface area contributed by atoms with Crippen molar-refractivity contribution in [2.24, 2.45) is 46.3 Å². The molecule has 9 aliphatic rings. The minimum absolute atomic E-state index is 0.00493. The number of rotatable bonds is 9. The SMILES string of the molecule is CC1C2C(CC3C4CC=C5C[C@@H](O[C@@H]6O[C@H](CO)[C@H](O[C@H]7O[C@@H](CO)[C@H](O)[C@@H](O)[C@@H]7O[C@H]7O[C@@H](CO)[C@H](O)[C@@H](O)[C@@H]7O)[C@H](O)[C@H]6O)CC[C@]5(C)C4CC[C@@]32C)O[C@]12CC[C@@H](C)CO2. The van der Waals surface area contributed by atoms with Gasteiger partial charge < -0.3 is 89.0 Å². The molecule has 5 heterocycles. The zero-order chi connectivity index (χ0) is 44.9. The van der Waals surface area contributed by atoms with Crippen molar-refractivity contribution in [3.63, 3.8) is 0 Å². The number of ether oxygens (including phenoxy) is 8. The molecule has 3 saturated carbocycles. The molecule has 4 aliphatic carbocycles. The first-order valence-corrected chi connectivity index (χ1v) is 23.5. The maximum absolute atomic E-state index is 11.5. The predicted octanol–water partition coefficient (Wildman–Crippen LogP) is -0.813. The van der Waals surface area contributed by atoms with Crippen molar-refractivity contribution in [1.29, 1.82) is 0 Å². The van der Waals surface area contributed by atoms with Crippen molar-refractivity contribution >= 4 is 0 Å². The molecule has 5 aliphatic heterocycles. The van der Waals surface area contributed by atoms with Gasteiger partial charge in [-0.15, -0.1) is 0 Å². The van der Waals surface area contributed by atoms with E-state index in [1.165, 1.54) is 12.0 Å². The number of aliphatic hydroxyl groups is 10. The second-order valence-electron chi connectivity index (χ2n) is 21.1. The molecule has 1 spiro atoms. The van der Waals surface area contributed by atoms with Crippen LogP contribution in [0.5, 0.6) is 0 Å². The number of aliphatic hydroxyl groups excluding tert-OH is 10. The molecule has 63 heavy (non-hydrogen) atoms. The Morgan fingerprint density at radius 2 is 1.27 bits per heavy atom. The van der Waals surface area contributed by atoms with Gasteiger partial charge in [0.15, 0.2) is 24.7 Å². The molecule has 360 valence electrons. The fourth-order valence-corrected chi connectivity index (χ4v) is 14.1. The highest BCUT2D eigenvalue weighted by Crippen LogP contribution is 2.70. The van der Waals surface area contributed by atoms with Gasteiger partial charge in [0.1, 0.15) is 73.2 Å². The van der Waals surface area contributed by atoms with Crippen molar-refractivity contribution in [2.75, 3.05) is 26.4 Å². The summed E-state index contributed by atoms with van der Waals surface area (Å²) in [6.07, 6.45) is -13.6. The van der Waals surface area contributed by atoms with Gasteiger partial charge in [0, 0.05) is 12.3 Å². The van der Waals surface area contributed by atoms with Crippen LogP contribution < -0.4 is 0 Å². The molecule has 10 N–H and O–H groups in total. The highest BCUT2D eigenvalue weighted by atomic mass is 16.8. The average Bonchev–Trinajstić information content (AvgIpc) is 3.72. The lowest BCUT2D eigenvalue weighted by Gasteiger charge is -2.58. The van der Waals surface area contributed by atoms with Gasteiger partial charge in [-0.1, -0.05) is 39.3 Å². The molecular weight excluding hydrogens is 828 g/mol. The van der Waals surface area contributed by atoms with Crippen LogP contribution in [0.3, 0.4) is 0 Å². The number of allylic oxidation sites excluding steroid dienone is 1. The highest BCUT2D eigenvalue weighted by Gasteiger charge is 2.69. The van der Waals surface area contributed by atoms with E-state index in [2.05, 4.69) is 33.8 Å². The Labute approximate surface area is 368 Å². The molecule has 9 rings (SSSR count). The fraction of sp³-hybridized carbons (Fsp3) is 0.956. The summed E-state index contributed by atoms with van der Waals surface area (Å²) in [6.45, 7) is 8.10. The smallest absolute Gasteiger partial charge is 0.187 e. The zero-order valence-corrected chi connectivity index (χ0v) is 36.8. The fourth-order valence-electron chi connectivity index (χ4n) is 14.1. The normalized spacial score (nSPS) is 56.9. The largest absolute Gasteiger partial charge is 0.394 e. The summed E-state index contributed by atoms with van der Waals surface area (Å²) >= 11 is 0. The first-order chi connectivity index (χ1) is 30.0. The van der Waals surface area contributed by atoms with E-state index in [-0.39, 0.29) is 23.0 Å². The lowest BCUT2D eigenvalue weighted by molar-refractivity contribution is -0.390. The summed E-state index contributed by atoms with van der Waals surface area (Å²) in [5.41, 5.74) is 1.54. The van der Waals surface area contributed by atoms with Crippen molar-refractivity contribution in [2.45, 2.75) is 196 Å². The van der Waals surface area contributed by atoms with Crippen LogP contribution in [-0.4, -0.2) is 188 Å². The third-order valence-electron chi connectivity index (χ3n) is 17.7. The van der Waals surface area contributed by atoms with Gasteiger partial charge in [-0.2, -0.15) is 0 Å². The van der Waals surface area contributed by atoms with Gasteiger partial charge in [-0.3, -0.25) is 0 Å². The van der Waals surface area contributed by atoms with Crippen LogP contribution >= 0.6 is 0 Å². The molecule has 18 heteroatoms. The molecule has 8 fully saturated rings. The molecule has 0 aromatic rings. The predicted molar refractivity (Wildman–Crippen MR) is 216 cm³/mol. The Kier molecular flexibility index (Phi) is 13.3. The summed E-state index contributed by atoms with van der Waals surface area (Å²) in [6, 6.07) is 0. The third kappa shape index (κ3) is 7.81. The van der Waals surface area contributed by atoms with Crippen LogP contribution in [0.15, 0.2) is 11.6 Å². The number of fused-ring (bicyclic) bond motifs is 7. The standard InChI is InChI=1S/C45H72O18/c1-19-7-12-45(56-18-19)20(2)30-26(63-45)14-25-23-6-5-21-13-22(8-10-43(21,3)24(23)9-11-44(25,30)4)57-40-37(55)35(53)38(29(17-48)60-40)61-42-39(34(52)32(50)28(16-47)59-42)62-41-36(54)33(51)31(49)27(15-46)58-41/h5,19-20,22-42,46-55H,6-18H2,1-4H3/t19-,20?,22+,23?,24?,25?,26?,27+,28+,29-,30?,31+,32+,33-,34-,35-,36+,37-,38+,39+,40-,41-,42-,43+,44+,45-/m1/s1. The quantitative estimate of drug-likeness (QED) is 0.127. The summed E-state index contributed by atoms with van der Waals surface area (Å²) in [7, 11) is 0. The second kappa shape index (κ2) is 17.8. The van der Waals surface area contributed by atoms with Crippen molar-refractivity contribution < 1.29 is 89.0 Å². The average molecular weight is 901 g/mol. The molecule has 26 atom stereocenters.